The molecule has 0 radical (unpaired) electrons. The third-order valence-corrected chi connectivity index (χ3v) is 5.95. The lowest BCUT2D eigenvalue weighted by atomic mass is 10.2. The van der Waals surface area contributed by atoms with Crippen molar-refractivity contribution < 1.29 is 14.3 Å². The fourth-order valence-corrected chi connectivity index (χ4v) is 4.41. The maximum Gasteiger partial charge on any atom is 0.350 e. The number of amides is 1. The van der Waals surface area contributed by atoms with Gasteiger partial charge >= 0.3 is 5.97 Å². The molecule has 136 valence electrons. The van der Waals surface area contributed by atoms with Gasteiger partial charge in [-0.3, -0.25) is 4.79 Å². The van der Waals surface area contributed by atoms with Gasteiger partial charge in [-0.1, -0.05) is 23.5 Å². The Morgan fingerprint density at radius 3 is 2.73 bits per heavy atom. The Morgan fingerprint density at radius 1 is 1.15 bits per heavy atom. The molecule has 6 nitrogen and oxygen atoms in total. The number of ether oxygens (including phenoxy) is 1. The quantitative estimate of drug-likeness (QED) is 0.484. The Labute approximate surface area is 159 Å². The lowest BCUT2D eigenvalue weighted by Crippen LogP contribution is -2.10. The smallest absolute Gasteiger partial charge is 0.350 e. The highest BCUT2D eigenvalue weighted by atomic mass is 32.1. The lowest BCUT2D eigenvalue weighted by molar-refractivity contribution is -0.116. The van der Waals surface area contributed by atoms with E-state index in [4.69, 9.17) is 4.74 Å². The zero-order valence-electron chi connectivity index (χ0n) is 14.6. The summed E-state index contributed by atoms with van der Waals surface area (Å²) in [5.74, 6) is -0.532. The minimum atomic E-state index is -0.434. The minimum Gasteiger partial charge on any atom is -0.465 e. The topological polar surface area (TPSA) is 81.2 Å². The Hall–Kier alpha value is -2.32. The molecule has 0 saturated carbocycles. The van der Waals surface area contributed by atoms with E-state index >= 15 is 0 Å². The van der Waals surface area contributed by atoms with Crippen LogP contribution in [0.25, 0.3) is 10.2 Å². The van der Waals surface area contributed by atoms with Crippen LogP contribution in [0.15, 0.2) is 24.3 Å². The van der Waals surface area contributed by atoms with Crippen LogP contribution in [0.3, 0.4) is 0 Å². The van der Waals surface area contributed by atoms with Crippen molar-refractivity contribution in [2.75, 3.05) is 12.4 Å². The minimum absolute atomic E-state index is 0.0977. The number of nitrogens with one attached hydrogen (secondary N) is 1. The molecule has 0 aliphatic carbocycles. The molecule has 1 N–H and O–H groups in total. The van der Waals surface area contributed by atoms with Gasteiger partial charge in [0, 0.05) is 6.42 Å². The highest BCUT2D eigenvalue weighted by Crippen LogP contribution is 2.24. The maximum absolute atomic E-state index is 12.1. The highest BCUT2D eigenvalue weighted by molar-refractivity contribution is 7.18. The molecule has 1 amide bonds. The Balaban J connectivity index is 1.45. The van der Waals surface area contributed by atoms with E-state index in [0.29, 0.717) is 22.1 Å². The molecule has 26 heavy (non-hydrogen) atoms. The number of aromatic nitrogens is 2. The van der Waals surface area contributed by atoms with Crippen LogP contribution in [0.4, 0.5) is 5.13 Å². The van der Waals surface area contributed by atoms with E-state index in [2.05, 4.69) is 21.4 Å². The predicted octanol–water partition coefficient (Wildman–Crippen LogP) is 4.20. The summed E-state index contributed by atoms with van der Waals surface area (Å²) < 4.78 is 5.89. The molecule has 0 saturated heterocycles. The predicted molar refractivity (Wildman–Crippen MR) is 104 cm³/mol. The van der Waals surface area contributed by atoms with Crippen molar-refractivity contribution in [1.82, 2.24) is 9.97 Å². The molecule has 3 rings (SSSR count). The SMILES string of the molecule is COC(=O)c1sc(NC(=O)CCCCc2nc3ccccc3s2)nc1C. The molecule has 0 unspecified atom stereocenters. The molecule has 0 bridgehead atoms. The van der Waals surface area contributed by atoms with E-state index in [1.807, 2.05) is 18.2 Å². The van der Waals surface area contributed by atoms with Gasteiger partial charge in [-0.05, 0) is 38.3 Å². The van der Waals surface area contributed by atoms with Crippen molar-refractivity contribution >= 4 is 49.9 Å². The van der Waals surface area contributed by atoms with Gasteiger partial charge in [0.1, 0.15) is 4.88 Å². The van der Waals surface area contributed by atoms with E-state index in [0.717, 1.165) is 41.1 Å². The van der Waals surface area contributed by atoms with Gasteiger partial charge in [-0.15, -0.1) is 11.3 Å². The van der Waals surface area contributed by atoms with E-state index in [1.165, 1.54) is 11.8 Å². The largest absolute Gasteiger partial charge is 0.465 e. The molecule has 2 heterocycles. The van der Waals surface area contributed by atoms with Crippen molar-refractivity contribution in [3.8, 4) is 0 Å². The number of methoxy groups -OCH3 is 1. The number of benzene rings is 1. The molecule has 1 aromatic carbocycles. The Kier molecular flexibility index (Phi) is 5.95. The molecule has 0 fully saturated rings. The van der Waals surface area contributed by atoms with Crippen LogP contribution >= 0.6 is 22.7 Å². The number of nitrogens with zero attached hydrogens (tertiary/aromatic N) is 2. The second-order valence-electron chi connectivity index (χ2n) is 5.76. The first kappa shape index (κ1) is 18.5. The number of hydrogen-bond acceptors (Lipinski definition) is 7. The van der Waals surface area contributed by atoms with Crippen molar-refractivity contribution in [3.63, 3.8) is 0 Å². The van der Waals surface area contributed by atoms with Gasteiger partial charge in [-0.25, -0.2) is 14.8 Å². The summed E-state index contributed by atoms with van der Waals surface area (Å²) in [7, 11) is 1.32. The van der Waals surface area contributed by atoms with Crippen LogP contribution < -0.4 is 5.32 Å². The number of anilines is 1. The average molecular weight is 390 g/mol. The number of aryl methyl sites for hydroxylation is 2. The van der Waals surface area contributed by atoms with Gasteiger partial charge in [0.2, 0.25) is 5.91 Å². The summed E-state index contributed by atoms with van der Waals surface area (Å²) in [6.45, 7) is 1.72. The first-order valence-electron chi connectivity index (χ1n) is 8.27. The number of thiazole rings is 2. The van der Waals surface area contributed by atoms with Crippen LogP contribution in [0.1, 0.15) is 39.6 Å². The summed E-state index contributed by atoms with van der Waals surface area (Å²) in [5, 5.41) is 4.28. The monoisotopic (exact) mass is 389 g/mol. The van der Waals surface area contributed by atoms with E-state index in [-0.39, 0.29) is 5.91 Å². The fourth-order valence-electron chi connectivity index (χ4n) is 2.50. The third kappa shape index (κ3) is 4.44. The molecule has 0 aliphatic heterocycles. The second-order valence-corrected chi connectivity index (χ2v) is 7.87. The average Bonchev–Trinajstić information content (AvgIpc) is 3.20. The van der Waals surface area contributed by atoms with Gasteiger partial charge in [0.05, 0.1) is 28.0 Å². The summed E-state index contributed by atoms with van der Waals surface area (Å²) in [6, 6.07) is 8.09. The molecule has 0 aliphatic rings. The number of unbranched alkanes of at least 4 members (excludes halogenated alkanes) is 1. The number of hydrogen-bond donors (Lipinski definition) is 1. The third-order valence-electron chi connectivity index (χ3n) is 3.80. The van der Waals surface area contributed by atoms with Crippen LogP contribution in [0, 0.1) is 6.92 Å². The summed E-state index contributed by atoms with van der Waals surface area (Å²) in [6.07, 6.45) is 2.96. The van der Waals surface area contributed by atoms with Crippen LogP contribution in [-0.2, 0) is 16.0 Å². The number of fused-ring (bicyclic) bond motifs is 1. The number of para-hydroxylation sites is 1. The Bertz CT molecular complexity index is 900. The summed E-state index contributed by atoms with van der Waals surface area (Å²) >= 11 is 2.84. The maximum atomic E-state index is 12.1. The molecule has 2 aromatic heterocycles. The summed E-state index contributed by atoms with van der Waals surface area (Å²) in [4.78, 5) is 32.8. The molecular weight excluding hydrogens is 370 g/mol. The van der Waals surface area contributed by atoms with Gasteiger partial charge < -0.3 is 10.1 Å². The first-order chi connectivity index (χ1) is 12.6. The van der Waals surface area contributed by atoms with Crippen LogP contribution in [0.2, 0.25) is 0 Å². The molecule has 3 aromatic rings. The second kappa shape index (κ2) is 8.37. The van der Waals surface area contributed by atoms with E-state index in [1.54, 1.807) is 18.3 Å². The number of carbonyl (C=O) groups excluding carboxylic acids is 2. The van der Waals surface area contributed by atoms with Crippen molar-refractivity contribution in [2.45, 2.75) is 32.6 Å². The zero-order chi connectivity index (χ0) is 18.5. The fraction of sp³-hybridized carbons (Fsp3) is 0.333. The molecule has 0 atom stereocenters. The Morgan fingerprint density at radius 2 is 1.96 bits per heavy atom. The highest BCUT2D eigenvalue weighted by Gasteiger charge is 2.16. The normalized spacial score (nSPS) is 10.8. The first-order valence-corrected chi connectivity index (χ1v) is 9.90. The van der Waals surface area contributed by atoms with Crippen molar-refractivity contribution in [1.29, 1.82) is 0 Å². The van der Waals surface area contributed by atoms with Crippen molar-refractivity contribution in [2.24, 2.45) is 0 Å². The van der Waals surface area contributed by atoms with Crippen LogP contribution in [-0.4, -0.2) is 29.0 Å². The lowest BCUT2D eigenvalue weighted by Gasteiger charge is -2.01. The van der Waals surface area contributed by atoms with E-state index < -0.39 is 5.97 Å². The number of carbonyl (C=O) groups is 2. The summed E-state index contributed by atoms with van der Waals surface area (Å²) in [5.41, 5.74) is 1.60. The van der Waals surface area contributed by atoms with Gasteiger partial charge in [-0.2, -0.15) is 0 Å². The number of esters is 1. The standard InChI is InChI=1S/C18H19N3O3S2/c1-11-16(17(23)24-2)26-18(19-11)21-14(22)9-5-6-10-15-20-12-7-3-4-8-13(12)25-15/h3-4,7-8H,5-6,9-10H2,1-2H3,(H,19,21,22). The van der Waals surface area contributed by atoms with Crippen molar-refractivity contribution in [3.05, 3.63) is 39.8 Å². The van der Waals surface area contributed by atoms with Crippen LogP contribution in [0.5, 0.6) is 0 Å². The van der Waals surface area contributed by atoms with Gasteiger partial charge in [0.25, 0.3) is 0 Å². The number of rotatable bonds is 7. The molecule has 0 spiro atoms. The molecule has 8 heteroatoms. The zero-order valence-corrected chi connectivity index (χ0v) is 16.2. The van der Waals surface area contributed by atoms with Gasteiger partial charge in [0.15, 0.2) is 5.13 Å². The molecular formula is C18H19N3O3S2. The van der Waals surface area contributed by atoms with E-state index in [9.17, 15) is 9.59 Å².